The molecule has 1 N–H and O–H groups in total. The quantitative estimate of drug-likeness (QED) is 0.498. The molecule has 0 aromatic heterocycles. The van der Waals surface area contributed by atoms with Crippen LogP contribution in [0.15, 0.2) is 0 Å². The largest absolute Gasteiger partial charge is 0.413 e. The fraction of sp³-hybridized carbons (Fsp3) is 1.00. The highest BCUT2D eigenvalue weighted by Gasteiger charge is 2.26. The maximum Gasteiger partial charge on any atom is 0.148 e. The van der Waals surface area contributed by atoms with Crippen LogP contribution in [0.4, 0.5) is 0 Å². The van der Waals surface area contributed by atoms with Crippen molar-refractivity contribution >= 4 is 10.5 Å². The summed E-state index contributed by atoms with van der Waals surface area (Å²) in [5, 5.41) is 3.17. The molecule has 0 amide bonds. The summed E-state index contributed by atoms with van der Waals surface area (Å²) in [7, 11) is 2.75. The maximum absolute atomic E-state index is 5.42. The van der Waals surface area contributed by atoms with E-state index in [1.54, 1.807) is 0 Å². The second kappa shape index (κ2) is 4.23. The molecule has 0 saturated carbocycles. The highest BCUT2D eigenvalue weighted by molar-refractivity contribution is 5.98. The summed E-state index contributed by atoms with van der Waals surface area (Å²) < 4.78 is 5.42. The molecule has 0 fully saturated rings. The van der Waals surface area contributed by atoms with Gasteiger partial charge in [-0.05, 0) is 18.4 Å². The number of rotatable bonds is 3. The Hall–Kier alpha value is 0.137. The molecule has 11 heavy (non-hydrogen) atoms. The summed E-state index contributed by atoms with van der Waals surface area (Å²) >= 11 is 0. The number of nitrogens with one attached hydrogen (secondary N) is 1. The summed E-state index contributed by atoms with van der Waals surface area (Å²) in [4.78, 5) is 0. The molecule has 0 bridgehead atoms. The van der Waals surface area contributed by atoms with Crippen molar-refractivity contribution in [3.05, 3.63) is 0 Å². The standard InChI is InChI=1S/C8H21NOSi/c1-6(8(2,3)4)7(9-5)10-11/h6-7,9H,1-5,11H3. The predicted octanol–water partition coefficient (Wildman–Crippen LogP) is 0.511. The third kappa shape index (κ3) is 3.36. The SMILES string of the molecule is CNC(O[SiH3])C(C)C(C)(C)C. The molecule has 68 valence electrons. The van der Waals surface area contributed by atoms with Crippen LogP contribution < -0.4 is 5.32 Å². The fourth-order valence-electron chi connectivity index (χ4n) is 1.03. The van der Waals surface area contributed by atoms with E-state index in [1.807, 2.05) is 7.05 Å². The minimum atomic E-state index is 0.224. The van der Waals surface area contributed by atoms with Crippen molar-refractivity contribution in [3.8, 4) is 0 Å². The first-order chi connectivity index (χ1) is 4.93. The van der Waals surface area contributed by atoms with Crippen molar-refractivity contribution in [2.24, 2.45) is 11.3 Å². The van der Waals surface area contributed by atoms with Gasteiger partial charge in [0.2, 0.25) is 0 Å². The average Bonchev–Trinajstić information content (AvgIpc) is 1.88. The van der Waals surface area contributed by atoms with Crippen molar-refractivity contribution in [1.82, 2.24) is 5.32 Å². The van der Waals surface area contributed by atoms with Crippen LogP contribution in [0.5, 0.6) is 0 Å². The third-order valence-corrected chi connectivity index (χ3v) is 2.87. The van der Waals surface area contributed by atoms with E-state index < -0.39 is 0 Å². The Kier molecular flexibility index (Phi) is 4.29. The van der Waals surface area contributed by atoms with Crippen LogP contribution >= 0.6 is 0 Å². The molecule has 0 spiro atoms. The van der Waals surface area contributed by atoms with Crippen LogP contribution in [0.1, 0.15) is 27.7 Å². The molecule has 0 aliphatic heterocycles. The van der Waals surface area contributed by atoms with Crippen molar-refractivity contribution in [3.63, 3.8) is 0 Å². The monoisotopic (exact) mass is 175 g/mol. The van der Waals surface area contributed by atoms with Gasteiger partial charge in [-0.25, -0.2) is 0 Å². The van der Waals surface area contributed by atoms with Gasteiger partial charge in [-0.2, -0.15) is 0 Å². The van der Waals surface area contributed by atoms with E-state index in [4.69, 9.17) is 4.43 Å². The van der Waals surface area contributed by atoms with Gasteiger partial charge in [0.15, 0.2) is 0 Å². The molecule has 2 atom stereocenters. The lowest BCUT2D eigenvalue weighted by Gasteiger charge is -2.33. The van der Waals surface area contributed by atoms with Gasteiger partial charge >= 0.3 is 0 Å². The number of hydrogen-bond acceptors (Lipinski definition) is 2. The van der Waals surface area contributed by atoms with Gasteiger partial charge in [0.25, 0.3) is 0 Å². The minimum absolute atomic E-state index is 0.224. The van der Waals surface area contributed by atoms with E-state index in [0.717, 1.165) is 10.5 Å². The molecule has 0 aromatic rings. The highest BCUT2D eigenvalue weighted by atomic mass is 28.2. The van der Waals surface area contributed by atoms with E-state index in [2.05, 4.69) is 33.0 Å². The Morgan fingerprint density at radius 3 is 1.91 bits per heavy atom. The molecule has 0 rings (SSSR count). The van der Waals surface area contributed by atoms with Gasteiger partial charge in [0.1, 0.15) is 10.5 Å². The molecule has 0 aliphatic rings. The molecule has 0 heterocycles. The zero-order valence-electron chi connectivity index (χ0n) is 8.56. The van der Waals surface area contributed by atoms with Gasteiger partial charge in [0, 0.05) is 0 Å². The first-order valence-corrected chi connectivity index (χ1v) is 4.95. The van der Waals surface area contributed by atoms with E-state index >= 15 is 0 Å². The fourth-order valence-corrected chi connectivity index (χ4v) is 1.67. The molecule has 0 aromatic carbocycles. The van der Waals surface area contributed by atoms with Crippen molar-refractivity contribution < 1.29 is 4.43 Å². The first-order valence-electron chi connectivity index (χ1n) is 4.13. The van der Waals surface area contributed by atoms with Gasteiger partial charge < -0.3 is 4.43 Å². The predicted molar refractivity (Wildman–Crippen MR) is 52.5 cm³/mol. The first kappa shape index (κ1) is 11.1. The topological polar surface area (TPSA) is 21.3 Å². The van der Waals surface area contributed by atoms with E-state index in [9.17, 15) is 0 Å². The van der Waals surface area contributed by atoms with E-state index in [-0.39, 0.29) is 6.23 Å². The number of hydrogen-bond donors (Lipinski definition) is 1. The Labute approximate surface area is 73.3 Å². The molecule has 3 heteroatoms. The normalized spacial score (nSPS) is 18.3. The van der Waals surface area contributed by atoms with Crippen LogP contribution in [0.3, 0.4) is 0 Å². The van der Waals surface area contributed by atoms with Crippen LogP contribution in [0.2, 0.25) is 0 Å². The molecule has 0 saturated heterocycles. The smallest absolute Gasteiger partial charge is 0.148 e. The maximum atomic E-state index is 5.42. The van der Waals surface area contributed by atoms with Crippen molar-refractivity contribution in [2.45, 2.75) is 33.9 Å². The lowest BCUT2D eigenvalue weighted by atomic mass is 9.81. The van der Waals surface area contributed by atoms with Crippen LogP contribution in [-0.4, -0.2) is 23.8 Å². The molecule has 2 nitrogen and oxygen atoms in total. The van der Waals surface area contributed by atoms with Crippen LogP contribution in [-0.2, 0) is 4.43 Å². The molecule has 0 radical (unpaired) electrons. The summed E-state index contributed by atoms with van der Waals surface area (Å²) in [5.41, 5.74) is 0.318. The summed E-state index contributed by atoms with van der Waals surface area (Å²) in [6.07, 6.45) is 0.224. The Bertz CT molecular complexity index is 107. The van der Waals surface area contributed by atoms with Crippen LogP contribution in [0.25, 0.3) is 0 Å². The Balaban J connectivity index is 4.09. The lowest BCUT2D eigenvalue weighted by molar-refractivity contribution is 0.0618. The van der Waals surface area contributed by atoms with Crippen molar-refractivity contribution in [2.75, 3.05) is 7.05 Å². The van der Waals surface area contributed by atoms with Crippen molar-refractivity contribution in [1.29, 1.82) is 0 Å². The second-order valence-corrected chi connectivity index (χ2v) is 4.57. The van der Waals surface area contributed by atoms with Gasteiger partial charge in [-0.15, -0.1) is 0 Å². The van der Waals surface area contributed by atoms with Gasteiger partial charge in [-0.3, -0.25) is 5.32 Å². The third-order valence-electron chi connectivity index (χ3n) is 2.36. The Morgan fingerprint density at radius 2 is 1.82 bits per heavy atom. The molecular weight excluding hydrogens is 154 g/mol. The summed E-state index contributed by atoms with van der Waals surface area (Å²) in [6, 6.07) is 0. The lowest BCUT2D eigenvalue weighted by Crippen LogP contribution is -2.40. The zero-order chi connectivity index (χ0) is 9.07. The summed E-state index contributed by atoms with van der Waals surface area (Å²) in [6.45, 7) is 8.94. The highest BCUT2D eigenvalue weighted by Crippen LogP contribution is 2.27. The Morgan fingerprint density at radius 1 is 1.36 bits per heavy atom. The average molecular weight is 175 g/mol. The molecule has 2 unspecified atom stereocenters. The zero-order valence-corrected chi connectivity index (χ0v) is 10.6. The molecular formula is C8H21NOSi. The minimum Gasteiger partial charge on any atom is -0.413 e. The second-order valence-electron chi connectivity index (χ2n) is 4.10. The van der Waals surface area contributed by atoms with Crippen LogP contribution in [0, 0.1) is 11.3 Å². The van der Waals surface area contributed by atoms with Gasteiger partial charge in [-0.1, -0.05) is 27.7 Å². The van der Waals surface area contributed by atoms with Gasteiger partial charge in [0.05, 0.1) is 6.23 Å². The van der Waals surface area contributed by atoms with E-state index in [1.165, 1.54) is 0 Å². The van der Waals surface area contributed by atoms with E-state index in [0.29, 0.717) is 11.3 Å². The summed E-state index contributed by atoms with van der Waals surface area (Å²) in [5.74, 6) is 0.546. The molecule has 0 aliphatic carbocycles.